The number of benzene rings is 1. The van der Waals surface area contributed by atoms with Crippen molar-refractivity contribution in [2.24, 2.45) is 12.0 Å². The van der Waals surface area contributed by atoms with Crippen molar-refractivity contribution in [2.75, 3.05) is 7.05 Å². The monoisotopic (exact) mass is 311 g/mol. The highest BCUT2D eigenvalue weighted by atomic mass is 16.3. The van der Waals surface area contributed by atoms with E-state index in [0.717, 1.165) is 28.1 Å². The molecule has 0 aliphatic heterocycles. The molecule has 0 aliphatic rings. The Bertz CT molecular complexity index is 830. The molecule has 0 unspecified atom stereocenters. The summed E-state index contributed by atoms with van der Waals surface area (Å²) in [7, 11) is 3.72. The maximum atomic E-state index is 5.90. The standard InChI is InChI=1S/C17H21N5O/c1-12-13-6-4-5-7-14(13)23-15(12)10-20-17(18-2)21-11-16-19-8-9-22(16)3/h4-9H,10-11H2,1-3H3,(H2,18,20,21). The molecule has 23 heavy (non-hydrogen) atoms. The van der Waals surface area contributed by atoms with Gasteiger partial charge in [0.1, 0.15) is 17.2 Å². The highest BCUT2D eigenvalue weighted by Crippen LogP contribution is 2.24. The minimum absolute atomic E-state index is 0.584. The normalized spacial score (nSPS) is 11.9. The number of guanidine groups is 1. The molecule has 0 bridgehead atoms. The van der Waals surface area contributed by atoms with Gasteiger partial charge in [-0.2, -0.15) is 0 Å². The van der Waals surface area contributed by atoms with E-state index in [-0.39, 0.29) is 0 Å². The molecular formula is C17H21N5O. The van der Waals surface area contributed by atoms with Gasteiger partial charge in [0.2, 0.25) is 0 Å². The maximum Gasteiger partial charge on any atom is 0.191 e. The van der Waals surface area contributed by atoms with Crippen LogP contribution in [0.5, 0.6) is 0 Å². The van der Waals surface area contributed by atoms with Crippen molar-refractivity contribution < 1.29 is 4.42 Å². The summed E-state index contributed by atoms with van der Waals surface area (Å²) in [6.45, 7) is 3.27. The predicted molar refractivity (Wildman–Crippen MR) is 91.2 cm³/mol. The summed E-state index contributed by atoms with van der Waals surface area (Å²) in [5.74, 6) is 2.59. The fourth-order valence-electron chi connectivity index (χ4n) is 2.51. The smallest absolute Gasteiger partial charge is 0.191 e. The first kappa shape index (κ1) is 15.1. The Kier molecular flexibility index (Phi) is 4.32. The van der Waals surface area contributed by atoms with Gasteiger partial charge in [0, 0.05) is 37.4 Å². The molecule has 2 aromatic heterocycles. The lowest BCUT2D eigenvalue weighted by molar-refractivity contribution is 0.534. The maximum absolute atomic E-state index is 5.90. The van der Waals surface area contributed by atoms with Crippen LogP contribution in [0, 0.1) is 6.92 Å². The molecule has 2 heterocycles. The summed E-state index contributed by atoms with van der Waals surface area (Å²) >= 11 is 0. The Morgan fingerprint density at radius 2 is 2.04 bits per heavy atom. The lowest BCUT2D eigenvalue weighted by Crippen LogP contribution is -2.36. The number of aromatic nitrogens is 2. The first-order valence-corrected chi connectivity index (χ1v) is 7.56. The fourth-order valence-corrected chi connectivity index (χ4v) is 2.51. The summed E-state index contributed by atoms with van der Waals surface area (Å²) < 4.78 is 7.88. The lowest BCUT2D eigenvalue weighted by Gasteiger charge is -2.11. The van der Waals surface area contributed by atoms with Crippen molar-refractivity contribution in [3.63, 3.8) is 0 Å². The van der Waals surface area contributed by atoms with E-state index < -0.39 is 0 Å². The SMILES string of the molecule is CN=C(NCc1oc2ccccc2c1C)NCc1nccn1C. The van der Waals surface area contributed by atoms with Crippen LogP contribution in [0.3, 0.4) is 0 Å². The molecule has 0 saturated carbocycles. The van der Waals surface area contributed by atoms with Gasteiger partial charge in [-0.1, -0.05) is 18.2 Å². The van der Waals surface area contributed by atoms with Crippen LogP contribution in [0.4, 0.5) is 0 Å². The van der Waals surface area contributed by atoms with Gasteiger partial charge in [-0.25, -0.2) is 4.98 Å². The van der Waals surface area contributed by atoms with Crippen LogP contribution in [0.2, 0.25) is 0 Å². The number of hydrogen-bond donors (Lipinski definition) is 2. The van der Waals surface area contributed by atoms with Crippen molar-refractivity contribution in [1.29, 1.82) is 0 Å². The summed E-state index contributed by atoms with van der Waals surface area (Å²) in [5.41, 5.74) is 2.07. The van der Waals surface area contributed by atoms with Crippen molar-refractivity contribution >= 4 is 16.9 Å². The highest BCUT2D eigenvalue weighted by molar-refractivity contribution is 5.82. The second-order valence-corrected chi connectivity index (χ2v) is 5.38. The van der Waals surface area contributed by atoms with Crippen LogP contribution in [0.15, 0.2) is 46.1 Å². The number of rotatable bonds is 4. The van der Waals surface area contributed by atoms with Crippen LogP contribution >= 0.6 is 0 Å². The second kappa shape index (κ2) is 6.56. The van der Waals surface area contributed by atoms with Crippen LogP contribution in [0.25, 0.3) is 11.0 Å². The van der Waals surface area contributed by atoms with E-state index in [2.05, 4.69) is 33.6 Å². The van der Waals surface area contributed by atoms with Gasteiger partial charge < -0.3 is 19.6 Å². The van der Waals surface area contributed by atoms with Gasteiger partial charge in [0.15, 0.2) is 5.96 Å². The molecular weight excluding hydrogens is 290 g/mol. The first-order chi connectivity index (χ1) is 11.2. The summed E-state index contributed by atoms with van der Waals surface area (Å²) in [4.78, 5) is 8.51. The zero-order valence-electron chi connectivity index (χ0n) is 13.6. The van der Waals surface area contributed by atoms with E-state index in [1.807, 2.05) is 36.0 Å². The van der Waals surface area contributed by atoms with Gasteiger partial charge in [-0.05, 0) is 13.0 Å². The largest absolute Gasteiger partial charge is 0.459 e. The molecule has 0 radical (unpaired) electrons. The van der Waals surface area contributed by atoms with E-state index >= 15 is 0 Å². The number of nitrogens with zero attached hydrogens (tertiary/aromatic N) is 3. The predicted octanol–water partition coefficient (Wildman–Crippen LogP) is 2.34. The van der Waals surface area contributed by atoms with Crippen molar-refractivity contribution in [3.8, 4) is 0 Å². The molecule has 0 amide bonds. The molecule has 6 heteroatoms. The van der Waals surface area contributed by atoms with Crippen molar-refractivity contribution in [2.45, 2.75) is 20.0 Å². The first-order valence-electron chi connectivity index (χ1n) is 7.56. The van der Waals surface area contributed by atoms with Crippen molar-refractivity contribution in [3.05, 3.63) is 53.8 Å². The lowest BCUT2D eigenvalue weighted by atomic mass is 10.1. The molecule has 120 valence electrons. The summed E-state index contributed by atoms with van der Waals surface area (Å²) in [6, 6.07) is 8.07. The molecule has 2 N–H and O–H groups in total. The highest BCUT2D eigenvalue weighted by Gasteiger charge is 2.10. The number of aliphatic imine (C=N–C) groups is 1. The van der Waals surface area contributed by atoms with Crippen LogP contribution in [0.1, 0.15) is 17.1 Å². The van der Waals surface area contributed by atoms with Gasteiger partial charge >= 0.3 is 0 Å². The third kappa shape index (κ3) is 3.21. The van der Waals surface area contributed by atoms with Gasteiger partial charge in [0.05, 0.1) is 13.1 Å². The van der Waals surface area contributed by atoms with Gasteiger partial charge in [-0.3, -0.25) is 4.99 Å². The average Bonchev–Trinajstić information content (AvgIpc) is 3.12. The number of furan rings is 1. The van der Waals surface area contributed by atoms with E-state index in [1.165, 1.54) is 0 Å². The Labute approximate surface area is 135 Å². The van der Waals surface area contributed by atoms with Gasteiger partial charge in [-0.15, -0.1) is 0 Å². The number of fused-ring (bicyclic) bond motifs is 1. The fraction of sp³-hybridized carbons (Fsp3) is 0.294. The minimum Gasteiger partial charge on any atom is -0.459 e. The quantitative estimate of drug-likeness (QED) is 0.573. The number of imidazole rings is 1. The Morgan fingerprint density at radius 3 is 2.74 bits per heavy atom. The minimum atomic E-state index is 0.584. The van der Waals surface area contributed by atoms with E-state index in [4.69, 9.17) is 4.42 Å². The summed E-state index contributed by atoms with van der Waals surface area (Å²) in [5, 5.41) is 7.68. The zero-order chi connectivity index (χ0) is 16.2. The number of hydrogen-bond acceptors (Lipinski definition) is 3. The van der Waals surface area contributed by atoms with E-state index in [1.54, 1.807) is 13.2 Å². The Hall–Kier alpha value is -2.76. The van der Waals surface area contributed by atoms with E-state index in [9.17, 15) is 0 Å². The van der Waals surface area contributed by atoms with Crippen LogP contribution in [-0.2, 0) is 20.1 Å². The molecule has 3 aromatic rings. The molecule has 0 spiro atoms. The molecule has 1 aromatic carbocycles. The van der Waals surface area contributed by atoms with Crippen molar-refractivity contribution in [1.82, 2.24) is 20.2 Å². The van der Waals surface area contributed by atoms with Crippen LogP contribution < -0.4 is 10.6 Å². The van der Waals surface area contributed by atoms with Gasteiger partial charge in [0.25, 0.3) is 0 Å². The molecule has 3 rings (SSSR count). The Morgan fingerprint density at radius 1 is 1.26 bits per heavy atom. The number of para-hydroxylation sites is 1. The van der Waals surface area contributed by atoms with E-state index in [0.29, 0.717) is 19.0 Å². The average molecular weight is 311 g/mol. The second-order valence-electron chi connectivity index (χ2n) is 5.38. The molecule has 0 aliphatic carbocycles. The topological polar surface area (TPSA) is 67.4 Å². The summed E-state index contributed by atoms with van der Waals surface area (Å²) in [6.07, 6.45) is 3.70. The van der Waals surface area contributed by atoms with Crippen LogP contribution in [-0.4, -0.2) is 22.6 Å². The molecule has 0 fully saturated rings. The third-order valence-corrected chi connectivity index (χ3v) is 3.92. The number of aryl methyl sites for hydroxylation is 2. The third-order valence-electron chi connectivity index (χ3n) is 3.92. The Balaban J connectivity index is 1.63. The molecule has 0 atom stereocenters. The molecule has 0 saturated heterocycles. The molecule has 6 nitrogen and oxygen atoms in total. The zero-order valence-corrected chi connectivity index (χ0v) is 13.6. The number of nitrogens with one attached hydrogen (secondary N) is 2.